The Kier molecular flexibility index (Phi) is 6.17. The molecule has 0 saturated heterocycles. The highest BCUT2D eigenvalue weighted by Gasteiger charge is 2.05. The van der Waals surface area contributed by atoms with Crippen LogP contribution in [0.2, 0.25) is 0 Å². The third kappa shape index (κ3) is 4.85. The molecule has 0 bridgehead atoms. The molecule has 0 radical (unpaired) electrons. The smallest absolute Gasteiger partial charge is 0.271 e. The van der Waals surface area contributed by atoms with Crippen LogP contribution in [-0.2, 0) is 0 Å². The molecule has 0 aliphatic rings. The lowest BCUT2D eigenvalue weighted by Crippen LogP contribution is -2.17. The molecule has 0 aliphatic carbocycles. The van der Waals surface area contributed by atoms with Gasteiger partial charge in [0, 0.05) is 17.2 Å². The second kappa shape index (κ2) is 8.58. The molecule has 0 saturated carbocycles. The van der Waals surface area contributed by atoms with Gasteiger partial charge < -0.3 is 9.47 Å². The fourth-order valence-corrected chi connectivity index (χ4v) is 1.97. The Morgan fingerprint density at radius 2 is 1.83 bits per heavy atom. The minimum Gasteiger partial charge on any atom is -0.494 e. The molecule has 0 aliphatic heterocycles. The molecule has 5 nitrogen and oxygen atoms in total. The Bertz CT molecular complexity index is 669. The minimum atomic E-state index is -0.259. The van der Waals surface area contributed by atoms with E-state index in [4.69, 9.17) is 9.47 Å². The molecule has 120 valence electrons. The van der Waals surface area contributed by atoms with E-state index >= 15 is 0 Å². The molecule has 0 spiro atoms. The van der Waals surface area contributed by atoms with Gasteiger partial charge in [0.05, 0.1) is 19.4 Å². The number of ether oxygens (including phenoxy) is 2. The first-order chi connectivity index (χ1) is 11.2. The van der Waals surface area contributed by atoms with Crippen LogP contribution in [0.25, 0.3) is 0 Å². The first-order valence-electron chi connectivity index (χ1n) is 7.52. The van der Waals surface area contributed by atoms with Crippen molar-refractivity contribution >= 4 is 12.1 Å². The van der Waals surface area contributed by atoms with Crippen LogP contribution in [0.4, 0.5) is 0 Å². The van der Waals surface area contributed by atoms with Crippen molar-refractivity contribution in [1.29, 1.82) is 0 Å². The molecule has 0 heterocycles. The monoisotopic (exact) mass is 312 g/mol. The predicted octanol–water partition coefficient (Wildman–Crippen LogP) is 3.25. The zero-order chi connectivity index (χ0) is 16.5. The van der Waals surface area contributed by atoms with E-state index in [2.05, 4.69) is 10.5 Å². The van der Waals surface area contributed by atoms with Gasteiger partial charge in [0.1, 0.15) is 11.5 Å². The first kappa shape index (κ1) is 16.5. The molecule has 2 rings (SSSR count). The van der Waals surface area contributed by atoms with Crippen molar-refractivity contribution in [3.63, 3.8) is 0 Å². The highest BCUT2D eigenvalue weighted by atomic mass is 16.5. The summed E-state index contributed by atoms with van der Waals surface area (Å²) >= 11 is 0. The second-order valence-corrected chi connectivity index (χ2v) is 4.63. The maximum atomic E-state index is 11.9. The molecule has 5 heteroatoms. The lowest BCUT2D eigenvalue weighted by Gasteiger charge is -2.10. The molecule has 1 amide bonds. The zero-order valence-corrected chi connectivity index (χ0v) is 13.3. The number of hydrogen-bond acceptors (Lipinski definition) is 4. The fraction of sp³-hybridized carbons (Fsp3) is 0.222. The van der Waals surface area contributed by atoms with Crippen molar-refractivity contribution in [2.75, 3.05) is 13.2 Å². The Hall–Kier alpha value is -2.82. The molecule has 0 atom stereocenters. The van der Waals surface area contributed by atoms with Gasteiger partial charge in [0.15, 0.2) is 0 Å². The van der Waals surface area contributed by atoms with Crippen molar-refractivity contribution in [1.82, 2.24) is 5.43 Å². The number of hydrazone groups is 1. The summed E-state index contributed by atoms with van der Waals surface area (Å²) in [6.07, 6.45) is 1.56. The molecule has 23 heavy (non-hydrogen) atoms. The number of carbonyl (C=O) groups excluding carboxylic acids is 1. The van der Waals surface area contributed by atoms with E-state index in [1.54, 1.807) is 30.5 Å². The van der Waals surface area contributed by atoms with E-state index in [9.17, 15) is 4.79 Å². The quantitative estimate of drug-likeness (QED) is 0.630. The topological polar surface area (TPSA) is 59.9 Å². The van der Waals surface area contributed by atoms with Crippen molar-refractivity contribution in [2.45, 2.75) is 13.8 Å². The third-order valence-electron chi connectivity index (χ3n) is 3.00. The normalized spacial score (nSPS) is 10.5. The maximum absolute atomic E-state index is 11.9. The molecule has 2 aromatic rings. The van der Waals surface area contributed by atoms with Gasteiger partial charge in [-0.1, -0.05) is 18.2 Å². The van der Waals surface area contributed by atoms with Gasteiger partial charge in [-0.2, -0.15) is 5.10 Å². The molecule has 2 aromatic carbocycles. The summed E-state index contributed by atoms with van der Waals surface area (Å²) in [5.74, 6) is 1.14. The fourth-order valence-electron chi connectivity index (χ4n) is 1.97. The largest absolute Gasteiger partial charge is 0.494 e. The lowest BCUT2D eigenvalue weighted by molar-refractivity contribution is 0.0955. The number of rotatable bonds is 7. The number of hydrogen-bond donors (Lipinski definition) is 1. The van der Waals surface area contributed by atoms with E-state index in [1.807, 2.05) is 38.1 Å². The Morgan fingerprint density at radius 1 is 1.09 bits per heavy atom. The summed E-state index contributed by atoms with van der Waals surface area (Å²) in [6.45, 7) is 4.96. The summed E-state index contributed by atoms with van der Waals surface area (Å²) in [4.78, 5) is 11.9. The Labute approximate surface area is 135 Å². The highest BCUT2D eigenvalue weighted by molar-refractivity contribution is 5.95. The van der Waals surface area contributed by atoms with Crippen LogP contribution in [0.5, 0.6) is 11.5 Å². The summed E-state index contributed by atoms with van der Waals surface area (Å²) in [5.41, 5.74) is 3.82. The van der Waals surface area contributed by atoms with Crippen molar-refractivity contribution < 1.29 is 14.3 Å². The van der Waals surface area contributed by atoms with Crippen LogP contribution < -0.4 is 14.9 Å². The van der Waals surface area contributed by atoms with Crippen LogP contribution >= 0.6 is 0 Å². The third-order valence-corrected chi connectivity index (χ3v) is 3.00. The van der Waals surface area contributed by atoms with Crippen molar-refractivity contribution in [3.05, 3.63) is 59.7 Å². The number of nitrogens with zero attached hydrogens (tertiary/aromatic N) is 1. The van der Waals surface area contributed by atoms with Gasteiger partial charge in [0.2, 0.25) is 0 Å². The Balaban J connectivity index is 2.07. The van der Waals surface area contributed by atoms with E-state index in [1.165, 1.54) is 0 Å². The van der Waals surface area contributed by atoms with E-state index < -0.39 is 0 Å². The molecule has 0 fully saturated rings. The summed E-state index contributed by atoms with van der Waals surface area (Å²) < 4.78 is 11.0. The second-order valence-electron chi connectivity index (χ2n) is 4.63. The van der Waals surface area contributed by atoms with Gasteiger partial charge in [-0.15, -0.1) is 0 Å². The number of amides is 1. The number of carbonyl (C=O) groups is 1. The highest BCUT2D eigenvalue weighted by Crippen LogP contribution is 2.23. The zero-order valence-electron chi connectivity index (χ0n) is 13.3. The average molecular weight is 312 g/mol. The minimum absolute atomic E-state index is 0.259. The van der Waals surface area contributed by atoms with Crippen LogP contribution in [0, 0.1) is 0 Å². The maximum Gasteiger partial charge on any atom is 0.271 e. The molecule has 1 N–H and O–H groups in total. The van der Waals surface area contributed by atoms with Gasteiger partial charge >= 0.3 is 0 Å². The summed E-state index contributed by atoms with van der Waals surface area (Å²) in [6, 6.07) is 14.4. The van der Waals surface area contributed by atoms with Crippen molar-refractivity contribution in [2.24, 2.45) is 5.10 Å². The van der Waals surface area contributed by atoms with Crippen LogP contribution in [-0.4, -0.2) is 25.3 Å². The number of benzene rings is 2. The Morgan fingerprint density at radius 3 is 2.52 bits per heavy atom. The predicted molar refractivity (Wildman–Crippen MR) is 90.3 cm³/mol. The van der Waals surface area contributed by atoms with E-state index in [0.717, 1.165) is 11.3 Å². The molecular formula is C18H20N2O3. The van der Waals surface area contributed by atoms with Gasteiger partial charge in [-0.3, -0.25) is 4.79 Å². The summed E-state index contributed by atoms with van der Waals surface area (Å²) in [7, 11) is 0. The van der Waals surface area contributed by atoms with E-state index in [-0.39, 0.29) is 5.91 Å². The van der Waals surface area contributed by atoms with Crippen LogP contribution in [0.1, 0.15) is 29.8 Å². The standard InChI is InChI=1S/C18H20N2O3/c1-3-22-16-11-10-15(17(12-16)23-4-2)13-19-20-18(21)14-8-6-5-7-9-14/h5-13H,3-4H2,1-2H3,(H,20,21)/b19-13+. The van der Waals surface area contributed by atoms with Gasteiger partial charge in [-0.05, 0) is 38.1 Å². The lowest BCUT2D eigenvalue weighted by atomic mass is 10.2. The number of nitrogens with one attached hydrogen (secondary N) is 1. The first-order valence-corrected chi connectivity index (χ1v) is 7.52. The van der Waals surface area contributed by atoms with Gasteiger partial charge in [0.25, 0.3) is 5.91 Å². The van der Waals surface area contributed by atoms with Crippen LogP contribution in [0.15, 0.2) is 53.6 Å². The van der Waals surface area contributed by atoms with Crippen molar-refractivity contribution in [3.8, 4) is 11.5 Å². The van der Waals surface area contributed by atoms with Crippen LogP contribution in [0.3, 0.4) is 0 Å². The average Bonchev–Trinajstić information content (AvgIpc) is 2.58. The van der Waals surface area contributed by atoms with Gasteiger partial charge in [-0.25, -0.2) is 5.43 Å². The summed E-state index contributed by atoms with van der Waals surface area (Å²) in [5, 5.41) is 3.99. The van der Waals surface area contributed by atoms with E-state index in [0.29, 0.717) is 24.5 Å². The molecular weight excluding hydrogens is 292 g/mol. The molecule has 0 unspecified atom stereocenters. The SMILES string of the molecule is CCOc1ccc(/C=N/NC(=O)c2ccccc2)c(OCC)c1. The molecule has 0 aromatic heterocycles.